The van der Waals surface area contributed by atoms with Gasteiger partial charge >= 0.3 is 0 Å². The number of benzene rings is 1. The second-order valence-corrected chi connectivity index (χ2v) is 6.55. The molecule has 0 radical (unpaired) electrons. The molecule has 0 aliphatic heterocycles. The van der Waals surface area contributed by atoms with Crippen LogP contribution in [0.15, 0.2) is 29.2 Å². The fourth-order valence-corrected chi connectivity index (χ4v) is 3.16. The number of thiol groups is 1. The van der Waals surface area contributed by atoms with Crippen molar-refractivity contribution in [3.63, 3.8) is 0 Å². The molecule has 1 aromatic carbocycles. The average Bonchev–Trinajstić information content (AvgIpc) is 2.48. The summed E-state index contributed by atoms with van der Waals surface area (Å²) < 4.78 is 0. The highest BCUT2D eigenvalue weighted by atomic mass is 32.1. The third-order valence-electron chi connectivity index (χ3n) is 4.35. The van der Waals surface area contributed by atoms with E-state index in [0.29, 0.717) is 5.92 Å². The monoisotopic (exact) mass is 286 g/mol. The minimum Gasteiger partial charge on any atom is -0.143 e. The molecule has 1 saturated carbocycles. The second kappa shape index (κ2) is 8.42. The fraction of sp³-hybridized carbons (Fsp3) is 0.579. The van der Waals surface area contributed by atoms with Crippen LogP contribution >= 0.6 is 12.6 Å². The number of unbranched alkanes of at least 4 members (excludes halogenated alkanes) is 2. The first kappa shape index (κ1) is 15.5. The molecule has 0 aromatic heterocycles. The van der Waals surface area contributed by atoms with Crippen LogP contribution < -0.4 is 0 Å². The molecule has 1 heteroatoms. The zero-order valence-corrected chi connectivity index (χ0v) is 13.5. The molecule has 1 aliphatic rings. The fourth-order valence-electron chi connectivity index (χ4n) is 3.01. The zero-order chi connectivity index (χ0) is 14.2. The molecule has 1 aliphatic carbocycles. The summed E-state index contributed by atoms with van der Waals surface area (Å²) in [4.78, 5) is 1.00. The van der Waals surface area contributed by atoms with E-state index in [4.69, 9.17) is 0 Å². The van der Waals surface area contributed by atoms with Crippen molar-refractivity contribution in [2.24, 2.45) is 11.8 Å². The lowest BCUT2D eigenvalue weighted by atomic mass is 9.80. The van der Waals surface area contributed by atoms with Gasteiger partial charge in [-0.05, 0) is 55.9 Å². The predicted molar refractivity (Wildman–Crippen MR) is 90.2 cm³/mol. The molecule has 20 heavy (non-hydrogen) atoms. The molecule has 0 nitrogen and oxygen atoms in total. The molecule has 0 amide bonds. The average molecular weight is 286 g/mol. The summed E-state index contributed by atoms with van der Waals surface area (Å²) in [5.41, 5.74) is 1.12. The maximum absolute atomic E-state index is 4.30. The SMILES string of the molecule is CCCCCC1CCC(C#Cc2ccc(S)cc2)CC1. The molecular weight excluding hydrogens is 260 g/mol. The lowest BCUT2D eigenvalue weighted by Gasteiger charge is -2.25. The van der Waals surface area contributed by atoms with Crippen LogP contribution in [0, 0.1) is 23.7 Å². The molecule has 108 valence electrons. The number of rotatable bonds is 4. The number of hydrogen-bond donors (Lipinski definition) is 1. The first-order valence-corrected chi connectivity index (χ1v) is 8.53. The highest BCUT2D eigenvalue weighted by molar-refractivity contribution is 7.80. The summed E-state index contributed by atoms with van der Waals surface area (Å²) in [6, 6.07) is 8.15. The largest absolute Gasteiger partial charge is 0.143 e. The van der Waals surface area contributed by atoms with Gasteiger partial charge in [0.2, 0.25) is 0 Å². The van der Waals surface area contributed by atoms with E-state index in [1.807, 2.05) is 12.1 Å². The summed E-state index contributed by atoms with van der Waals surface area (Å²) in [6.45, 7) is 2.28. The Bertz CT molecular complexity index is 441. The molecule has 0 saturated heterocycles. The van der Waals surface area contributed by atoms with Crippen molar-refractivity contribution in [1.82, 2.24) is 0 Å². The van der Waals surface area contributed by atoms with Crippen molar-refractivity contribution in [3.8, 4) is 11.8 Å². The van der Waals surface area contributed by atoms with Gasteiger partial charge < -0.3 is 0 Å². The molecule has 2 rings (SSSR count). The zero-order valence-electron chi connectivity index (χ0n) is 12.6. The first-order valence-electron chi connectivity index (χ1n) is 8.08. The Morgan fingerprint density at radius 1 is 1.05 bits per heavy atom. The summed E-state index contributed by atoms with van der Waals surface area (Å²) in [7, 11) is 0. The van der Waals surface area contributed by atoms with Gasteiger partial charge in [-0.15, -0.1) is 12.6 Å². The quantitative estimate of drug-likeness (QED) is 0.409. The minimum atomic E-state index is 0.619. The Balaban J connectivity index is 1.76. The topological polar surface area (TPSA) is 0 Å². The molecule has 0 spiro atoms. The summed E-state index contributed by atoms with van der Waals surface area (Å²) >= 11 is 4.30. The smallest absolute Gasteiger partial charge is 0.0246 e. The van der Waals surface area contributed by atoms with Crippen molar-refractivity contribution in [2.75, 3.05) is 0 Å². The van der Waals surface area contributed by atoms with Crippen molar-refractivity contribution in [2.45, 2.75) is 63.2 Å². The Labute approximate surface area is 129 Å². The van der Waals surface area contributed by atoms with Gasteiger partial charge in [0.25, 0.3) is 0 Å². The Morgan fingerprint density at radius 2 is 1.75 bits per heavy atom. The predicted octanol–water partition coefficient (Wildman–Crippen LogP) is 5.71. The van der Waals surface area contributed by atoms with Gasteiger partial charge in [0.1, 0.15) is 0 Å². The minimum absolute atomic E-state index is 0.619. The Hall–Kier alpha value is -0.870. The molecule has 0 unspecified atom stereocenters. The highest BCUT2D eigenvalue weighted by Crippen LogP contribution is 2.31. The maximum atomic E-state index is 4.30. The van der Waals surface area contributed by atoms with Crippen LogP contribution in [0.25, 0.3) is 0 Å². The summed E-state index contributed by atoms with van der Waals surface area (Å²) in [6.07, 6.45) is 11.0. The third kappa shape index (κ3) is 5.25. The van der Waals surface area contributed by atoms with Gasteiger partial charge in [-0.1, -0.05) is 44.4 Å². The molecular formula is C19H26S. The summed E-state index contributed by atoms with van der Waals surface area (Å²) in [5.74, 6) is 8.39. The maximum Gasteiger partial charge on any atom is 0.0246 e. The van der Waals surface area contributed by atoms with E-state index in [1.165, 1.54) is 51.4 Å². The van der Waals surface area contributed by atoms with Crippen LogP contribution in [0.2, 0.25) is 0 Å². The van der Waals surface area contributed by atoms with Crippen LogP contribution in [-0.4, -0.2) is 0 Å². The van der Waals surface area contributed by atoms with Gasteiger partial charge in [-0.25, -0.2) is 0 Å². The normalized spacial score (nSPS) is 22.1. The lowest BCUT2D eigenvalue weighted by molar-refractivity contribution is 0.294. The van der Waals surface area contributed by atoms with Crippen molar-refractivity contribution in [3.05, 3.63) is 29.8 Å². The molecule has 1 aromatic rings. The second-order valence-electron chi connectivity index (χ2n) is 6.03. The van der Waals surface area contributed by atoms with Crippen molar-refractivity contribution >= 4 is 12.6 Å². The third-order valence-corrected chi connectivity index (χ3v) is 4.65. The van der Waals surface area contributed by atoms with Gasteiger partial charge in [0, 0.05) is 16.4 Å². The molecule has 0 heterocycles. The van der Waals surface area contributed by atoms with Gasteiger partial charge in [-0.2, -0.15) is 0 Å². The van der Waals surface area contributed by atoms with Crippen LogP contribution in [0.3, 0.4) is 0 Å². The van der Waals surface area contributed by atoms with Crippen molar-refractivity contribution in [1.29, 1.82) is 0 Å². The Morgan fingerprint density at radius 3 is 2.40 bits per heavy atom. The lowest BCUT2D eigenvalue weighted by Crippen LogP contribution is -2.13. The van der Waals surface area contributed by atoms with Crippen LogP contribution in [0.4, 0.5) is 0 Å². The Kier molecular flexibility index (Phi) is 6.54. The number of hydrogen-bond acceptors (Lipinski definition) is 1. The highest BCUT2D eigenvalue weighted by Gasteiger charge is 2.19. The molecule has 0 atom stereocenters. The van der Waals surface area contributed by atoms with Crippen molar-refractivity contribution < 1.29 is 0 Å². The van der Waals surface area contributed by atoms with Crippen LogP contribution in [0.5, 0.6) is 0 Å². The van der Waals surface area contributed by atoms with E-state index in [1.54, 1.807) is 0 Å². The van der Waals surface area contributed by atoms with Gasteiger partial charge in [-0.3, -0.25) is 0 Å². The van der Waals surface area contributed by atoms with E-state index in [2.05, 4.69) is 43.5 Å². The van der Waals surface area contributed by atoms with Gasteiger partial charge in [0.15, 0.2) is 0 Å². The summed E-state index contributed by atoms with van der Waals surface area (Å²) in [5, 5.41) is 0. The molecule has 1 fully saturated rings. The first-order chi connectivity index (χ1) is 9.78. The van der Waals surface area contributed by atoms with Gasteiger partial charge in [0.05, 0.1) is 0 Å². The van der Waals surface area contributed by atoms with Crippen LogP contribution in [0.1, 0.15) is 63.9 Å². The van der Waals surface area contributed by atoms with E-state index < -0.39 is 0 Å². The van der Waals surface area contributed by atoms with Crippen LogP contribution in [-0.2, 0) is 0 Å². The van der Waals surface area contributed by atoms with E-state index >= 15 is 0 Å². The van der Waals surface area contributed by atoms with E-state index in [9.17, 15) is 0 Å². The standard InChI is InChI=1S/C19H26S/c1-2-3-4-5-16-6-8-17(9-7-16)10-11-18-12-14-19(20)15-13-18/h12-17,20H,2-9H2,1H3. The molecule has 0 N–H and O–H groups in total. The van der Waals surface area contributed by atoms with E-state index in [-0.39, 0.29) is 0 Å². The molecule has 0 bridgehead atoms. The van der Waals surface area contributed by atoms with E-state index in [0.717, 1.165) is 16.4 Å².